The molecule has 0 atom stereocenters. The van der Waals surface area contributed by atoms with Crippen molar-refractivity contribution in [2.75, 3.05) is 0 Å². The minimum Gasteiger partial charge on any atom is -0.478 e. The summed E-state index contributed by atoms with van der Waals surface area (Å²) in [4.78, 5) is 11.0. The van der Waals surface area contributed by atoms with Crippen molar-refractivity contribution in [2.45, 2.75) is 20.3 Å². The molecule has 1 heterocycles. The molecule has 84 valence electrons. The van der Waals surface area contributed by atoms with Gasteiger partial charge in [0.1, 0.15) is 0 Å². The Morgan fingerprint density at radius 2 is 2.12 bits per heavy atom. The number of aromatic nitrogens is 1. The fraction of sp³-hybridized carbons (Fsp3) is 0.308. The van der Waals surface area contributed by atoms with Crippen LogP contribution in [0.15, 0.2) is 18.3 Å². The van der Waals surface area contributed by atoms with E-state index in [4.69, 9.17) is 5.11 Å². The summed E-state index contributed by atoms with van der Waals surface area (Å²) in [6.45, 7) is 4.05. The molecule has 0 amide bonds. The molecule has 1 N–H and O–H groups in total. The Kier molecular flexibility index (Phi) is 2.46. The highest BCUT2D eigenvalue weighted by Gasteiger charge is 2.12. The van der Waals surface area contributed by atoms with Crippen LogP contribution < -0.4 is 0 Å². The normalized spacial score (nSPS) is 10.9. The Labute approximate surface area is 94.3 Å². The lowest BCUT2D eigenvalue weighted by atomic mass is 10.0. The van der Waals surface area contributed by atoms with Crippen LogP contribution in [0.2, 0.25) is 0 Å². The van der Waals surface area contributed by atoms with E-state index in [-0.39, 0.29) is 0 Å². The number of benzene rings is 1. The van der Waals surface area contributed by atoms with Crippen LogP contribution in [0.4, 0.5) is 0 Å². The number of carboxylic acid groups (broad SMARTS) is 1. The molecule has 3 heteroatoms. The van der Waals surface area contributed by atoms with E-state index in [0.29, 0.717) is 5.56 Å². The number of hydrogen-bond donors (Lipinski definition) is 1. The molecule has 0 spiro atoms. The van der Waals surface area contributed by atoms with Crippen molar-refractivity contribution in [3.8, 4) is 0 Å². The Bertz CT molecular complexity index is 567. The molecule has 16 heavy (non-hydrogen) atoms. The molecule has 2 aromatic rings. The van der Waals surface area contributed by atoms with Crippen molar-refractivity contribution in [1.82, 2.24) is 4.57 Å². The summed E-state index contributed by atoms with van der Waals surface area (Å²) >= 11 is 0. The molecule has 0 saturated heterocycles. The van der Waals surface area contributed by atoms with E-state index < -0.39 is 5.97 Å². The Morgan fingerprint density at radius 3 is 2.69 bits per heavy atom. The second kappa shape index (κ2) is 3.67. The highest BCUT2D eigenvalue weighted by atomic mass is 16.4. The quantitative estimate of drug-likeness (QED) is 0.840. The summed E-state index contributed by atoms with van der Waals surface area (Å²) < 4.78 is 2.06. The van der Waals surface area contributed by atoms with Gasteiger partial charge in [-0.15, -0.1) is 0 Å². The van der Waals surface area contributed by atoms with Gasteiger partial charge in [0, 0.05) is 18.6 Å². The molecule has 0 saturated carbocycles. The van der Waals surface area contributed by atoms with Crippen molar-refractivity contribution in [3.63, 3.8) is 0 Å². The number of carbonyl (C=O) groups is 1. The molecule has 0 fully saturated rings. The van der Waals surface area contributed by atoms with Gasteiger partial charge >= 0.3 is 5.97 Å². The number of aryl methyl sites for hydroxylation is 3. The second-order valence-electron chi connectivity index (χ2n) is 4.11. The second-order valence-corrected chi connectivity index (χ2v) is 4.11. The maximum Gasteiger partial charge on any atom is 0.335 e. The lowest BCUT2D eigenvalue weighted by Crippen LogP contribution is -1.99. The van der Waals surface area contributed by atoms with Crippen molar-refractivity contribution >= 4 is 16.9 Å². The summed E-state index contributed by atoms with van der Waals surface area (Å²) in [5, 5.41) is 10.1. The van der Waals surface area contributed by atoms with Crippen LogP contribution in [-0.4, -0.2) is 15.6 Å². The van der Waals surface area contributed by atoms with Crippen LogP contribution in [0.5, 0.6) is 0 Å². The van der Waals surface area contributed by atoms with Gasteiger partial charge in [-0.1, -0.05) is 6.92 Å². The predicted molar refractivity (Wildman–Crippen MR) is 64.0 cm³/mol. The third-order valence-corrected chi connectivity index (χ3v) is 2.98. The lowest BCUT2D eigenvalue weighted by molar-refractivity contribution is 0.0697. The summed E-state index contributed by atoms with van der Waals surface area (Å²) in [7, 11) is 1.99. The first kappa shape index (κ1) is 10.7. The van der Waals surface area contributed by atoms with Crippen LogP contribution >= 0.6 is 0 Å². The lowest BCUT2D eigenvalue weighted by Gasteiger charge is -2.05. The molecule has 0 aliphatic rings. The Morgan fingerprint density at radius 1 is 1.44 bits per heavy atom. The fourth-order valence-electron chi connectivity index (χ4n) is 2.23. The molecular formula is C13H15NO2. The van der Waals surface area contributed by atoms with Crippen molar-refractivity contribution in [2.24, 2.45) is 7.05 Å². The molecule has 0 unspecified atom stereocenters. The monoisotopic (exact) mass is 217 g/mol. The SMILES string of the molecule is CCc1cc(C(=O)O)cc2c(C)cn(C)c12. The minimum atomic E-state index is -0.861. The van der Waals surface area contributed by atoms with Gasteiger partial charge in [0.15, 0.2) is 0 Å². The topological polar surface area (TPSA) is 42.2 Å². The molecule has 0 aliphatic heterocycles. The van der Waals surface area contributed by atoms with Crippen LogP contribution in [0.1, 0.15) is 28.4 Å². The number of rotatable bonds is 2. The van der Waals surface area contributed by atoms with Gasteiger partial charge in [0.2, 0.25) is 0 Å². The number of fused-ring (bicyclic) bond motifs is 1. The first-order valence-corrected chi connectivity index (χ1v) is 5.36. The molecule has 0 bridgehead atoms. The van der Waals surface area contributed by atoms with Crippen LogP contribution in [0, 0.1) is 6.92 Å². The molecule has 3 nitrogen and oxygen atoms in total. The van der Waals surface area contributed by atoms with Crippen molar-refractivity contribution < 1.29 is 9.90 Å². The predicted octanol–water partition coefficient (Wildman–Crippen LogP) is 2.75. The van der Waals surface area contributed by atoms with E-state index in [1.807, 2.05) is 27.1 Å². The highest BCUT2D eigenvalue weighted by molar-refractivity contribution is 5.96. The third kappa shape index (κ3) is 1.48. The number of nitrogens with zero attached hydrogens (tertiary/aromatic N) is 1. The zero-order valence-electron chi connectivity index (χ0n) is 9.74. The molecule has 2 rings (SSSR count). The van der Waals surface area contributed by atoms with Gasteiger partial charge in [-0.2, -0.15) is 0 Å². The zero-order valence-corrected chi connectivity index (χ0v) is 9.74. The third-order valence-electron chi connectivity index (χ3n) is 2.98. The van der Waals surface area contributed by atoms with E-state index in [0.717, 1.165) is 28.5 Å². The van der Waals surface area contributed by atoms with E-state index >= 15 is 0 Å². The van der Waals surface area contributed by atoms with Crippen LogP contribution in [0.25, 0.3) is 10.9 Å². The first-order chi connectivity index (χ1) is 7.54. The zero-order chi connectivity index (χ0) is 11.9. The van der Waals surface area contributed by atoms with E-state index in [9.17, 15) is 4.79 Å². The van der Waals surface area contributed by atoms with Crippen molar-refractivity contribution in [1.29, 1.82) is 0 Å². The number of carboxylic acids is 1. The van der Waals surface area contributed by atoms with Gasteiger partial charge in [-0.25, -0.2) is 4.79 Å². The molecule has 0 radical (unpaired) electrons. The summed E-state index contributed by atoms with van der Waals surface area (Å²) in [5.74, 6) is -0.861. The Hall–Kier alpha value is -1.77. The molecule has 1 aromatic carbocycles. The summed E-state index contributed by atoms with van der Waals surface area (Å²) in [6, 6.07) is 3.52. The van der Waals surface area contributed by atoms with Gasteiger partial charge in [-0.3, -0.25) is 0 Å². The maximum absolute atomic E-state index is 11.0. The fourth-order valence-corrected chi connectivity index (χ4v) is 2.23. The van der Waals surface area contributed by atoms with Gasteiger partial charge < -0.3 is 9.67 Å². The van der Waals surface area contributed by atoms with E-state index in [1.54, 1.807) is 12.1 Å². The van der Waals surface area contributed by atoms with E-state index in [1.165, 1.54) is 0 Å². The number of hydrogen-bond acceptors (Lipinski definition) is 1. The van der Waals surface area contributed by atoms with Gasteiger partial charge in [0.05, 0.1) is 11.1 Å². The average Bonchev–Trinajstić information content (AvgIpc) is 2.53. The maximum atomic E-state index is 11.0. The summed E-state index contributed by atoms with van der Waals surface area (Å²) in [5.41, 5.74) is 3.73. The van der Waals surface area contributed by atoms with Crippen LogP contribution in [-0.2, 0) is 13.5 Å². The molecule has 1 aromatic heterocycles. The highest BCUT2D eigenvalue weighted by Crippen LogP contribution is 2.25. The average molecular weight is 217 g/mol. The summed E-state index contributed by atoms with van der Waals surface area (Å²) in [6.07, 6.45) is 2.88. The van der Waals surface area contributed by atoms with Crippen LogP contribution in [0.3, 0.4) is 0 Å². The van der Waals surface area contributed by atoms with E-state index in [2.05, 4.69) is 4.57 Å². The largest absolute Gasteiger partial charge is 0.478 e. The standard InChI is InChI=1S/C13H15NO2/c1-4-9-5-10(13(15)16)6-11-8(2)7-14(3)12(9)11/h5-7H,4H2,1-3H3,(H,15,16). The Balaban J connectivity index is 2.86. The first-order valence-electron chi connectivity index (χ1n) is 5.36. The van der Waals surface area contributed by atoms with Crippen molar-refractivity contribution in [3.05, 3.63) is 35.0 Å². The van der Waals surface area contributed by atoms with Gasteiger partial charge in [-0.05, 0) is 36.6 Å². The minimum absolute atomic E-state index is 0.374. The molecule has 0 aliphatic carbocycles. The number of aromatic carboxylic acids is 1. The van der Waals surface area contributed by atoms with Gasteiger partial charge in [0.25, 0.3) is 0 Å². The molecular weight excluding hydrogens is 202 g/mol. The smallest absolute Gasteiger partial charge is 0.335 e.